The maximum absolute atomic E-state index is 13.7. The number of benzene rings is 2. The van der Waals surface area contributed by atoms with E-state index in [1.54, 1.807) is 4.68 Å². The Hall–Kier alpha value is -2.25. The molecule has 0 aliphatic rings. The molecule has 1 heterocycles. The first-order chi connectivity index (χ1) is 11.5. The zero-order chi connectivity index (χ0) is 17.1. The molecule has 0 unspecified atom stereocenters. The average Bonchev–Trinajstić information content (AvgIpc) is 2.99. The summed E-state index contributed by atoms with van der Waals surface area (Å²) in [5.41, 5.74) is 0.869. The number of hydrogen-bond acceptors (Lipinski definition) is 3. The predicted octanol–water partition coefficient (Wildman–Crippen LogP) is 4.13. The third-order valence-corrected chi connectivity index (χ3v) is 3.96. The van der Waals surface area contributed by atoms with Gasteiger partial charge in [-0.2, -0.15) is 0 Å². The number of nitrogens with zero attached hydrogens (tertiary/aromatic N) is 3. The van der Waals surface area contributed by atoms with Crippen LogP contribution in [0.3, 0.4) is 0 Å². The minimum atomic E-state index is -0.661. The third-order valence-electron chi connectivity index (χ3n) is 3.19. The van der Waals surface area contributed by atoms with E-state index in [0.717, 1.165) is 16.1 Å². The van der Waals surface area contributed by atoms with Gasteiger partial charge in [0.15, 0.2) is 0 Å². The van der Waals surface area contributed by atoms with E-state index in [1.165, 1.54) is 18.5 Å². The van der Waals surface area contributed by atoms with E-state index in [-0.39, 0.29) is 16.5 Å². The topological polar surface area (TPSA) is 59.8 Å². The minimum Gasteiger partial charge on any atom is -0.289 e. The van der Waals surface area contributed by atoms with Crippen LogP contribution in [0.25, 0.3) is 0 Å². The standard InChI is InChI=1S/C16H11BrClFN4O/c17-11-3-1-10(2-4-11)8-23-9-20-16(22-23)21-15(24)13-7-12(18)5-6-14(13)19/h1-7,9H,8H2,(H,21,22,24). The molecule has 3 aromatic rings. The van der Waals surface area contributed by atoms with Gasteiger partial charge in [-0.3, -0.25) is 10.1 Å². The molecule has 0 radical (unpaired) electrons. The van der Waals surface area contributed by atoms with Gasteiger partial charge in [0.1, 0.15) is 12.1 Å². The van der Waals surface area contributed by atoms with E-state index < -0.39 is 11.7 Å². The van der Waals surface area contributed by atoms with Crippen molar-refractivity contribution in [3.63, 3.8) is 0 Å². The van der Waals surface area contributed by atoms with Gasteiger partial charge in [-0.1, -0.05) is 39.7 Å². The quantitative estimate of drug-likeness (QED) is 0.705. The van der Waals surface area contributed by atoms with Crippen molar-refractivity contribution < 1.29 is 9.18 Å². The van der Waals surface area contributed by atoms with E-state index in [4.69, 9.17) is 11.6 Å². The molecule has 1 amide bonds. The van der Waals surface area contributed by atoms with Crippen molar-refractivity contribution in [1.29, 1.82) is 0 Å². The van der Waals surface area contributed by atoms with E-state index >= 15 is 0 Å². The summed E-state index contributed by atoms with van der Waals surface area (Å²) in [5, 5.41) is 6.88. The van der Waals surface area contributed by atoms with Gasteiger partial charge >= 0.3 is 0 Å². The first-order valence-electron chi connectivity index (χ1n) is 6.91. The summed E-state index contributed by atoms with van der Waals surface area (Å²) in [6.45, 7) is 0.502. The van der Waals surface area contributed by atoms with Crippen molar-refractivity contribution >= 4 is 39.4 Å². The van der Waals surface area contributed by atoms with Crippen LogP contribution in [0, 0.1) is 5.82 Å². The lowest BCUT2D eigenvalue weighted by molar-refractivity contribution is 0.102. The summed E-state index contributed by atoms with van der Waals surface area (Å²) >= 11 is 9.16. The number of anilines is 1. The summed E-state index contributed by atoms with van der Waals surface area (Å²) < 4.78 is 16.2. The lowest BCUT2D eigenvalue weighted by atomic mass is 10.2. The number of amides is 1. The average molecular weight is 410 g/mol. The Morgan fingerprint density at radius 1 is 1.25 bits per heavy atom. The summed E-state index contributed by atoms with van der Waals surface area (Å²) in [4.78, 5) is 16.1. The summed E-state index contributed by atoms with van der Waals surface area (Å²) in [6, 6.07) is 11.5. The number of aromatic nitrogens is 3. The monoisotopic (exact) mass is 408 g/mol. The van der Waals surface area contributed by atoms with Gasteiger partial charge in [-0.25, -0.2) is 14.1 Å². The van der Waals surface area contributed by atoms with Crippen LogP contribution in [-0.2, 0) is 6.54 Å². The van der Waals surface area contributed by atoms with Crippen LogP contribution in [0.5, 0.6) is 0 Å². The molecule has 0 bridgehead atoms. The largest absolute Gasteiger partial charge is 0.289 e. The summed E-state index contributed by atoms with van der Waals surface area (Å²) in [5.74, 6) is -1.22. The van der Waals surface area contributed by atoms with Crippen LogP contribution in [0.4, 0.5) is 10.3 Å². The Morgan fingerprint density at radius 3 is 2.75 bits per heavy atom. The predicted molar refractivity (Wildman–Crippen MR) is 92.6 cm³/mol. The highest BCUT2D eigenvalue weighted by atomic mass is 79.9. The van der Waals surface area contributed by atoms with Crippen molar-refractivity contribution in [3.8, 4) is 0 Å². The Morgan fingerprint density at radius 2 is 2.00 bits per heavy atom. The number of carbonyl (C=O) groups is 1. The molecule has 0 saturated heterocycles. The van der Waals surface area contributed by atoms with Crippen molar-refractivity contribution in [1.82, 2.24) is 14.8 Å². The SMILES string of the molecule is O=C(Nc1ncn(Cc2ccc(Br)cc2)n1)c1cc(Cl)ccc1F. The molecule has 0 aliphatic heterocycles. The van der Waals surface area contributed by atoms with Crippen LogP contribution in [0.1, 0.15) is 15.9 Å². The molecule has 2 aromatic carbocycles. The van der Waals surface area contributed by atoms with E-state index in [1.807, 2.05) is 24.3 Å². The van der Waals surface area contributed by atoms with Gasteiger partial charge in [-0.15, -0.1) is 5.10 Å². The summed E-state index contributed by atoms with van der Waals surface area (Å²) in [6.07, 6.45) is 1.49. The smallest absolute Gasteiger partial charge is 0.261 e. The van der Waals surface area contributed by atoms with Crippen molar-refractivity contribution in [2.75, 3.05) is 5.32 Å². The van der Waals surface area contributed by atoms with Gasteiger partial charge in [0, 0.05) is 9.50 Å². The zero-order valence-corrected chi connectivity index (χ0v) is 14.6. The Kier molecular flexibility index (Phi) is 4.92. The molecule has 1 N–H and O–H groups in total. The molecule has 0 spiro atoms. The molecule has 122 valence electrons. The molecule has 0 aliphatic carbocycles. The maximum Gasteiger partial charge on any atom is 0.261 e. The van der Waals surface area contributed by atoms with Gasteiger partial charge in [0.05, 0.1) is 12.1 Å². The molecule has 0 atom stereocenters. The van der Waals surface area contributed by atoms with E-state index in [0.29, 0.717) is 6.54 Å². The van der Waals surface area contributed by atoms with Gasteiger partial charge in [-0.05, 0) is 35.9 Å². The van der Waals surface area contributed by atoms with Crippen LogP contribution in [0.2, 0.25) is 5.02 Å². The molecule has 8 heteroatoms. The number of nitrogens with one attached hydrogen (secondary N) is 1. The molecule has 3 rings (SSSR count). The van der Waals surface area contributed by atoms with Gasteiger partial charge in [0.25, 0.3) is 5.91 Å². The van der Waals surface area contributed by atoms with Crippen molar-refractivity contribution in [2.45, 2.75) is 6.54 Å². The Labute approximate surface area is 150 Å². The zero-order valence-electron chi connectivity index (χ0n) is 12.2. The van der Waals surface area contributed by atoms with Crippen LogP contribution in [0.15, 0.2) is 53.3 Å². The maximum atomic E-state index is 13.7. The molecule has 0 saturated carbocycles. The Bertz CT molecular complexity index is 882. The fraction of sp³-hybridized carbons (Fsp3) is 0.0625. The molecule has 24 heavy (non-hydrogen) atoms. The fourth-order valence-corrected chi connectivity index (χ4v) is 2.48. The normalized spacial score (nSPS) is 10.6. The first-order valence-corrected chi connectivity index (χ1v) is 8.08. The lowest BCUT2D eigenvalue weighted by Crippen LogP contribution is -2.15. The fourth-order valence-electron chi connectivity index (χ4n) is 2.05. The Balaban J connectivity index is 1.70. The van der Waals surface area contributed by atoms with Crippen LogP contribution >= 0.6 is 27.5 Å². The molecular weight excluding hydrogens is 399 g/mol. The minimum absolute atomic E-state index is 0.0940. The van der Waals surface area contributed by atoms with Crippen molar-refractivity contribution in [3.05, 3.63) is 75.2 Å². The summed E-state index contributed by atoms with van der Waals surface area (Å²) in [7, 11) is 0. The molecule has 1 aromatic heterocycles. The first kappa shape index (κ1) is 16.6. The second kappa shape index (κ2) is 7.11. The van der Waals surface area contributed by atoms with Crippen LogP contribution < -0.4 is 5.32 Å². The highest BCUT2D eigenvalue weighted by Crippen LogP contribution is 2.16. The lowest BCUT2D eigenvalue weighted by Gasteiger charge is -2.03. The molecule has 5 nitrogen and oxygen atoms in total. The molecular formula is C16H11BrClFN4O. The van der Waals surface area contributed by atoms with E-state index in [2.05, 4.69) is 31.3 Å². The number of hydrogen-bond donors (Lipinski definition) is 1. The second-order valence-corrected chi connectivity index (χ2v) is 6.32. The number of carbonyl (C=O) groups excluding carboxylic acids is 1. The van der Waals surface area contributed by atoms with Crippen LogP contribution in [-0.4, -0.2) is 20.7 Å². The van der Waals surface area contributed by atoms with Crippen molar-refractivity contribution in [2.24, 2.45) is 0 Å². The molecule has 0 fully saturated rings. The van der Waals surface area contributed by atoms with E-state index in [9.17, 15) is 9.18 Å². The number of rotatable bonds is 4. The highest BCUT2D eigenvalue weighted by molar-refractivity contribution is 9.10. The third kappa shape index (κ3) is 3.98. The van der Waals surface area contributed by atoms with Gasteiger partial charge in [0.2, 0.25) is 5.95 Å². The van der Waals surface area contributed by atoms with Gasteiger partial charge < -0.3 is 0 Å². The second-order valence-electron chi connectivity index (χ2n) is 4.97. The highest BCUT2D eigenvalue weighted by Gasteiger charge is 2.14. The number of halogens is 3.